The monoisotopic (exact) mass is 284 g/mol. The smallest absolute Gasteiger partial charge is 0.100 e. The molecule has 13 heavy (non-hydrogen) atoms. The number of nitriles is 1. The quantitative estimate of drug-likeness (QED) is 0.742. The summed E-state index contributed by atoms with van der Waals surface area (Å²) < 4.78 is 1.04. The highest BCUT2D eigenvalue weighted by Crippen LogP contribution is 2.34. The molecule has 66 valence electrons. The zero-order valence-corrected chi connectivity index (χ0v) is 9.21. The van der Waals surface area contributed by atoms with Crippen LogP contribution in [0.5, 0.6) is 0 Å². The minimum atomic E-state index is 0.134. The molecular weight excluding hydrogens is 275 g/mol. The molecule has 0 saturated heterocycles. The van der Waals surface area contributed by atoms with Gasteiger partial charge in [-0.15, -0.1) is 0 Å². The maximum atomic E-state index is 8.84. The molecule has 0 spiro atoms. The Kier molecular flexibility index (Phi) is 2.26. The molecule has 3 heteroatoms. The molecule has 0 saturated carbocycles. The second-order valence-electron chi connectivity index (χ2n) is 3.26. The molecule has 0 bridgehead atoms. The Bertz CT molecular complexity index is 393. The Morgan fingerprint density at radius 3 is 3.00 bits per heavy atom. The van der Waals surface area contributed by atoms with Crippen LogP contribution >= 0.6 is 22.6 Å². The molecule has 0 fully saturated rings. The van der Waals surface area contributed by atoms with Gasteiger partial charge in [-0.25, -0.2) is 0 Å². The first kappa shape index (κ1) is 8.97. The van der Waals surface area contributed by atoms with E-state index < -0.39 is 0 Å². The lowest BCUT2D eigenvalue weighted by Gasteiger charge is -2.08. The van der Waals surface area contributed by atoms with Crippen molar-refractivity contribution in [1.29, 1.82) is 5.26 Å². The summed E-state index contributed by atoms with van der Waals surface area (Å²) in [6.45, 7) is 0. The third-order valence-electron chi connectivity index (χ3n) is 2.49. The summed E-state index contributed by atoms with van der Waals surface area (Å²) in [6.07, 6.45) is 2.07. The Hall–Kier alpha value is -0.600. The molecular formula is C10H9IN2. The van der Waals surface area contributed by atoms with Gasteiger partial charge < -0.3 is 5.73 Å². The van der Waals surface area contributed by atoms with Crippen LogP contribution in [-0.2, 0) is 6.42 Å². The number of fused-ring (bicyclic) bond motifs is 1. The fraction of sp³-hybridized carbons (Fsp3) is 0.300. The van der Waals surface area contributed by atoms with Gasteiger partial charge in [0.1, 0.15) is 6.07 Å². The van der Waals surface area contributed by atoms with Crippen LogP contribution in [0, 0.1) is 14.9 Å². The summed E-state index contributed by atoms with van der Waals surface area (Å²) in [4.78, 5) is 0. The lowest BCUT2D eigenvalue weighted by molar-refractivity contribution is 0.711. The average Bonchev–Trinajstić information content (AvgIpc) is 2.49. The van der Waals surface area contributed by atoms with Crippen LogP contribution in [-0.4, -0.2) is 0 Å². The molecule has 0 heterocycles. The van der Waals surface area contributed by atoms with Crippen molar-refractivity contribution in [3.63, 3.8) is 0 Å². The fourth-order valence-electron chi connectivity index (χ4n) is 1.79. The van der Waals surface area contributed by atoms with E-state index in [1.165, 1.54) is 11.1 Å². The maximum Gasteiger partial charge on any atom is 0.100 e. The summed E-state index contributed by atoms with van der Waals surface area (Å²) in [5, 5.41) is 8.84. The van der Waals surface area contributed by atoms with Gasteiger partial charge in [0, 0.05) is 9.61 Å². The van der Waals surface area contributed by atoms with Gasteiger partial charge >= 0.3 is 0 Å². The SMILES string of the molecule is N#Cc1ccc2c(c1I)[C@@H](N)CC2. The maximum absolute atomic E-state index is 8.84. The molecule has 2 rings (SSSR count). The summed E-state index contributed by atoms with van der Waals surface area (Å²) >= 11 is 2.22. The first-order valence-electron chi connectivity index (χ1n) is 4.21. The highest BCUT2D eigenvalue weighted by atomic mass is 127. The van der Waals surface area contributed by atoms with Crippen LogP contribution < -0.4 is 5.73 Å². The molecule has 1 aliphatic rings. The summed E-state index contributed by atoms with van der Waals surface area (Å²) in [7, 11) is 0. The normalized spacial score (nSPS) is 19.6. The van der Waals surface area contributed by atoms with E-state index in [9.17, 15) is 0 Å². The van der Waals surface area contributed by atoms with Crippen molar-refractivity contribution in [2.45, 2.75) is 18.9 Å². The molecule has 1 aliphatic carbocycles. The second kappa shape index (κ2) is 3.28. The number of halogens is 1. The van der Waals surface area contributed by atoms with E-state index in [-0.39, 0.29) is 6.04 Å². The minimum Gasteiger partial charge on any atom is -0.324 e. The third-order valence-corrected chi connectivity index (χ3v) is 3.65. The average molecular weight is 284 g/mol. The Morgan fingerprint density at radius 2 is 2.31 bits per heavy atom. The predicted molar refractivity (Wildman–Crippen MR) is 59.1 cm³/mol. The number of rotatable bonds is 0. The van der Waals surface area contributed by atoms with Crippen LogP contribution in [0.25, 0.3) is 0 Å². The van der Waals surface area contributed by atoms with Crippen molar-refractivity contribution in [2.24, 2.45) is 5.73 Å². The van der Waals surface area contributed by atoms with Crippen LogP contribution in [0.1, 0.15) is 29.2 Å². The van der Waals surface area contributed by atoms with Crippen LogP contribution in [0.3, 0.4) is 0 Å². The molecule has 0 amide bonds. The standard InChI is InChI=1S/C10H9IN2/c11-10-7(5-12)2-1-6-3-4-8(13)9(6)10/h1-2,8H,3-4,13H2/t8-/m0/s1. The molecule has 1 atom stereocenters. The molecule has 0 aromatic heterocycles. The van der Waals surface area contributed by atoms with E-state index >= 15 is 0 Å². The molecule has 2 nitrogen and oxygen atoms in total. The Labute approximate surface area is 90.9 Å². The van der Waals surface area contributed by atoms with E-state index in [0.717, 1.165) is 22.0 Å². The van der Waals surface area contributed by atoms with Gasteiger partial charge in [0.2, 0.25) is 0 Å². The highest BCUT2D eigenvalue weighted by molar-refractivity contribution is 14.1. The van der Waals surface area contributed by atoms with Crippen LogP contribution in [0.15, 0.2) is 12.1 Å². The van der Waals surface area contributed by atoms with E-state index in [1.54, 1.807) is 0 Å². The van der Waals surface area contributed by atoms with Gasteiger partial charge in [-0.05, 0) is 52.6 Å². The summed E-state index contributed by atoms with van der Waals surface area (Å²) in [5.74, 6) is 0. The van der Waals surface area contributed by atoms with Gasteiger partial charge in [-0.2, -0.15) is 5.26 Å². The van der Waals surface area contributed by atoms with Gasteiger partial charge in [0.05, 0.1) is 5.56 Å². The first-order chi connectivity index (χ1) is 6.24. The first-order valence-corrected chi connectivity index (χ1v) is 5.29. The van der Waals surface area contributed by atoms with E-state index in [1.807, 2.05) is 12.1 Å². The van der Waals surface area contributed by atoms with E-state index in [2.05, 4.69) is 28.7 Å². The van der Waals surface area contributed by atoms with Gasteiger partial charge in [-0.1, -0.05) is 6.07 Å². The molecule has 0 aliphatic heterocycles. The van der Waals surface area contributed by atoms with Crippen molar-refractivity contribution < 1.29 is 0 Å². The van der Waals surface area contributed by atoms with Crippen LogP contribution in [0.2, 0.25) is 0 Å². The molecule has 1 aromatic rings. The Balaban J connectivity index is 2.65. The predicted octanol–water partition coefficient (Wildman–Crippen LogP) is 2.11. The van der Waals surface area contributed by atoms with Crippen molar-refractivity contribution in [3.8, 4) is 6.07 Å². The molecule has 0 unspecified atom stereocenters. The number of nitrogens with zero attached hydrogens (tertiary/aromatic N) is 1. The van der Waals surface area contributed by atoms with E-state index in [4.69, 9.17) is 11.0 Å². The lowest BCUT2D eigenvalue weighted by atomic mass is 10.1. The molecule has 1 aromatic carbocycles. The second-order valence-corrected chi connectivity index (χ2v) is 4.34. The molecule has 0 radical (unpaired) electrons. The number of hydrogen-bond acceptors (Lipinski definition) is 2. The van der Waals surface area contributed by atoms with Gasteiger partial charge in [-0.3, -0.25) is 0 Å². The number of aryl methyl sites for hydroxylation is 1. The lowest BCUT2D eigenvalue weighted by Crippen LogP contribution is -2.07. The Morgan fingerprint density at radius 1 is 1.54 bits per heavy atom. The van der Waals surface area contributed by atoms with Crippen molar-refractivity contribution in [2.75, 3.05) is 0 Å². The largest absolute Gasteiger partial charge is 0.324 e. The molecule has 2 N–H and O–H groups in total. The fourth-order valence-corrected chi connectivity index (χ4v) is 2.84. The van der Waals surface area contributed by atoms with Crippen molar-refractivity contribution in [3.05, 3.63) is 32.4 Å². The zero-order chi connectivity index (χ0) is 9.42. The minimum absolute atomic E-state index is 0.134. The number of hydrogen-bond donors (Lipinski definition) is 1. The number of nitrogens with two attached hydrogens (primary N) is 1. The van der Waals surface area contributed by atoms with Crippen molar-refractivity contribution >= 4 is 22.6 Å². The highest BCUT2D eigenvalue weighted by Gasteiger charge is 2.22. The van der Waals surface area contributed by atoms with Crippen molar-refractivity contribution in [1.82, 2.24) is 0 Å². The zero-order valence-electron chi connectivity index (χ0n) is 7.05. The van der Waals surface area contributed by atoms with E-state index in [0.29, 0.717) is 0 Å². The summed E-state index contributed by atoms with van der Waals surface area (Å²) in [5.41, 5.74) is 9.21. The van der Waals surface area contributed by atoms with Gasteiger partial charge in [0.25, 0.3) is 0 Å². The topological polar surface area (TPSA) is 49.8 Å². The number of benzene rings is 1. The summed E-state index contributed by atoms with van der Waals surface area (Å²) in [6, 6.07) is 6.24. The van der Waals surface area contributed by atoms with Gasteiger partial charge in [0.15, 0.2) is 0 Å². The van der Waals surface area contributed by atoms with Crippen LogP contribution in [0.4, 0.5) is 0 Å². The third kappa shape index (κ3) is 1.34.